The summed E-state index contributed by atoms with van der Waals surface area (Å²) >= 11 is 0. The summed E-state index contributed by atoms with van der Waals surface area (Å²) in [5, 5.41) is 9.77. The van der Waals surface area contributed by atoms with Crippen LogP contribution in [0.2, 0.25) is 0 Å². The van der Waals surface area contributed by atoms with Crippen LogP contribution in [0.5, 0.6) is 0 Å². The number of nitrogens with zero attached hydrogens (tertiary/aromatic N) is 1. The van der Waals surface area contributed by atoms with E-state index in [0.29, 0.717) is 6.42 Å². The number of carboxylic acids is 1. The van der Waals surface area contributed by atoms with Gasteiger partial charge in [0, 0.05) is 5.56 Å². The Balaban J connectivity index is 2.37. The van der Waals surface area contributed by atoms with Crippen molar-refractivity contribution in [1.82, 2.24) is 4.90 Å². The van der Waals surface area contributed by atoms with Gasteiger partial charge in [-0.25, -0.2) is 4.79 Å². The van der Waals surface area contributed by atoms with Gasteiger partial charge in [0.1, 0.15) is 0 Å². The van der Waals surface area contributed by atoms with Gasteiger partial charge in [-0.15, -0.1) is 0 Å². The molecule has 1 aliphatic heterocycles. The molecule has 0 amide bonds. The predicted octanol–water partition coefficient (Wildman–Crippen LogP) is 2.57. The first-order valence-corrected chi connectivity index (χ1v) is 6.98. The van der Waals surface area contributed by atoms with E-state index >= 15 is 0 Å². The second kappa shape index (κ2) is 5.19. The number of hydrogen-bond acceptors (Lipinski definition) is 3. The molecule has 4 heteroatoms. The van der Waals surface area contributed by atoms with Gasteiger partial charge in [-0.1, -0.05) is 24.3 Å². The van der Waals surface area contributed by atoms with Crippen molar-refractivity contribution in [2.45, 2.75) is 37.9 Å². The molecule has 1 aliphatic rings. The summed E-state index contributed by atoms with van der Waals surface area (Å²) in [7, 11) is 3.97. The third-order valence-electron chi connectivity index (χ3n) is 3.92. The molecule has 110 valence electrons. The van der Waals surface area contributed by atoms with Crippen LogP contribution >= 0.6 is 0 Å². The zero-order valence-electron chi connectivity index (χ0n) is 12.6. The van der Waals surface area contributed by atoms with E-state index in [1.165, 1.54) is 0 Å². The third-order valence-corrected chi connectivity index (χ3v) is 3.92. The summed E-state index contributed by atoms with van der Waals surface area (Å²) in [5.41, 5.74) is 0.00643. The fraction of sp³-hybridized carbons (Fsp3) is 0.562. The van der Waals surface area contributed by atoms with E-state index in [1.54, 1.807) is 0 Å². The predicted molar refractivity (Wildman–Crippen MR) is 77.7 cm³/mol. The van der Waals surface area contributed by atoms with E-state index < -0.39 is 17.2 Å². The van der Waals surface area contributed by atoms with Crippen LogP contribution in [0.15, 0.2) is 24.3 Å². The number of rotatable bonds is 5. The zero-order chi connectivity index (χ0) is 15.0. The first-order valence-electron chi connectivity index (χ1n) is 6.98. The van der Waals surface area contributed by atoms with Gasteiger partial charge in [-0.3, -0.25) is 0 Å². The van der Waals surface area contributed by atoms with Gasteiger partial charge < -0.3 is 14.7 Å². The van der Waals surface area contributed by atoms with E-state index in [4.69, 9.17) is 4.74 Å². The fourth-order valence-corrected chi connectivity index (χ4v) is 3.00. The maximum Gasteiger partial charge on any atom is 0.340 e. The van der Waals surface area contributed by atoms with Gasteiger partial charge in [0.05, 0.1) is 5.60 Å². The molecule has 1 unspecified atom stereocenters. The molecule has 20 heavy (non-hydrogen) atoms. The van der Waals surface area contributed by atoms with Crippen molar-refractivity contribution in [3.8, 4) is 0 Å². The maximum absolute atomic E-state index is 11.9. The van der Waals surface area contributed by atoms with Crippen LogP contribution in [-0.2, 0) is 20.7 Å². The molecule has 0 saturated carbocycles. The number of hydrogen-bond donors (Lipinski definition) is 1. The molecule has 1 N–H and O–H groups in total. The molecular formula is C16H23NO3. The van der Waals surface area contributed by atoms with Crippen LogP contribution in [0.3, 0.4) is 0 Å². The Morgan fingerprint density at radius 3 is 2.40 bits per heavy atom. The number of benzene rings is 1. The van der Waals surface area contributed by atoms with E-state index in [9.17, 15) is 9.90 Å². The van der Waals surface area contributed by atoms with Crippen molar-refractivity contribution in [3.05, 3.63) is 35.4 Å². The number of carboxylic acid groups (broad SMARTS) is 1. The van der Waals surface area contributed by atoms with Crippen LogP contribution in [-0.4, -0.2) is 36.6 Å². The normalized spacial score (nSPS) is 23.9. The Bertz CT molecular complexity index is 510. The number of aliphatic carboxylic acids is 1. The van der Waals surface area contributed by atoms with Crippen LogP contribution in [0, 0.1) is 0 Å². The smallest absolute Gasteiger partial charge is 0.340 e. The summed E-state index contributed by atoms with van der Waals surface area (Å²) in [5.74, 6) is -0.894. The Morgan fingerprint density at radius 1 is 1.25 bits per heavy atom. The van der Waals surface area contributed by atoms with Crippen molar-refractivity contribution in [3.63, 3.8) is 0 Å². The summed E-state index contributed by atoms with van der Waals surface area (Å²) in [6, 6.07) is 7.66. The highest BCUT2D eigenvalue weighted by atomic mass is 16.6. The maximum atomic E-state index is 11.9. The van der Waals surface area contributed by atoms with E-state index in [0.717, 1.165) is 24.1 Å². The standard InChI is InChI=1S/C16H23NO3/c1-15(2)12-8-5-6-9-13(12)16(20-15,14(18)19)10-7-11-17(3)4/h5-6,8-9H,7,10-11H2,1-4H3,(H,18,19). The van der Waals surface area contributed by atoms with Gasteiger partial charge in [0.2, 0.25) is 0 Å². The molecule has 0 aromatic heterocycles. The van der Waals surface area contributed by atoms with Crippen molar-refractivity contribution < 1.29 is 14.6 Å². The number of fused-ring (bicyclic) bond motifs is 1. The quantitative estimate of drug-likeness (QED) is 0.898. The van der Waals surface area contributed by atoms with Crippen LogP contribution < -0.4 is 0 Å². The summed E-state index contributed by atoms with van der Waals surface area (Å²) in [4.78, 5) is 14.0. The van der Waals surface area contributed by atoms with Crippen LogP contribution in [0.4, 0.5) is 0 Å². The number of ether oxygens (including phenoxy) is 1. The van der Waals surface area contributed by atoms with Crippen LogP contribution in [0.25, 0.3) is 0 Å². The highest BCUT2D eigenvalue weighted by Gasteiger charge is 2.53. The minimum Gasteiger partial charge on any atom is -0.479 e. The Kier molecular flexibility index (Phi) is 3.89. The van der Waals surface area contributed by atoms with E-state index in [-0.39, 0.29) is 0 Å². The average Bonchev–Trinajstić information content (AvgIpc) is 2.59. The van der Waals surface area contributed by atoms with Crippen molar-refractivity contribution >= 4 is 5.97 Å². The van der Waals surface area contributed by atoms with E-state index in [2.05, 4.69) is 4.90 Å². The molecule has 0 radical (unpaired) electrons. The fourth-order valence-electron chi connectivity index (χ4n) is 3.00. The van der Waals surface area contributed by atoms with Gasteiger partial charge >= 0.3 is 5.97 Å². The minimum absolute atomic E-state index is 0.487. The molecule has 1 atom stereocenters. The van der Waals surface area contributed by atoms with Crippen molar-refractivity contribution in [2.75, 3.05) is 20.6 Å². The molecule has 4 nitrogen and oxygen atoms in total. The van der Waals surface area contributed by atoms with Crippen molar-refractivity contribution in [2.24, 2.45) is 0 Å². The molecular weight excluding hydrogens is 254 g/mol. The van der Waals surface area contributed by atoms with Crippen molar-refractivity contribution in [1.29, 1.82) is 0 Å². The monoisotopic (exact) mass is 277 g/mol. The van der Waals surface area contributed by atoms with Crippen LogP contribution in [0.1, 0.15) is 37.8 Å². The molecule has 0 saturated heterocycles. The zero-order valence-corrected chi connectivity index (χ0v) is 12.6. The first-order chi connectivity index (χ1) is 9.29. The molecule has 0 aliphatic carbocycles. The lowest BCUT2D eigenvalue weighted by Gasteiger charge is -2.29. The largest absolute Gasteiger partial charge is 0.479 e. The topological polar surface area (TPSA) is 49.8 Å². The highest BCUT2D eigenvalue weighted by Crippen LogP contribution is 2.49. The first kappa shape index (κ1) is 15.0. The lowest BCUT2D eigenvalue weighted by atomic mass is 9.86. The Labute approximate surface area is 120 Å². The second-order valence-electron chi connectivity index (χ2n) is 6.20. The molecule has 0 spiro atoms. The second-order valence-corrected chi connectivity index (χ2v) is 6.20. The summed E-state index contributed by atoms with van der Waals surface area (Å²) in [6.07, 6.45) is 1.27. The highest BCUT2D eigenvalue weighted by molar-refractivity contribution is 5.81. The van der Waals surface area contributed by atoms with Gasteiger partial charge in [-0.05, 0) is 52.9 Å². The average molecular weight is 277 g/mol. The minimum atomic E-state index is -1.21. The molecule has 2 rings (SSSR count). The molecule has 0 fully saturated rings. The Hall–Kier alpha value is -1.39. The summed E-state index contributed by atoms with van der Waals surface area (Å²) < 4.78 is 6.03. The summed E-state index contributed by atoms with van der Waals surface area (Å²) in [6.45, 7) is 4.71. The number of carbonyl (C=O) groups is 1. The SMILES string of the molecule is CN(C)CCCC1(C(=O)O)OC(C)(C)c2ccccc21. The lowest BCUT2D eigenvalue weighted by molar-refractivity contribution is -0.184. The van der Waals surface area contributed by atoms with Gasteiger partial charge in [0.25, 0.3) is 0 Å². The molecule has 0 bridgehead atoms. The molecule has 1 aromatic carbocycles. The Morgan fingerprint density at radius 2 is 1.85 bits per heavy atom. The lowest BCUT2D eigenvalue weighted by Crippen LogP contribution is -2.38. The molecule has 1 aromatic rings. The molecule has 1 heterocycles. The third kappa shape index (κ3) is 2.45. The van der Waals surface area contributed by atoms with Gasteiger partial charge in [0.15, 0.2) is 5.60 Å². The van der Waals surface area contributed by atoms with Gasteiger partial charge in [-0.2, -0.15) is 0 Å². The van der Waals surface area contributed by atoms with E-state index in [1.807, 2.05) is 52.2 Å².